The summed E-state index contributed by atoms with van der Waals surface area (Å²) >= 11 is 0. The van der Waals surface area contributed by atoms with Gasteiger partial charge in [0.2, 0.25) is 0 Å². The Morgan fingerprint density at radius 2 is 2.23 bits per heavy atom. The van der Waals surface area contributed by atoms with Crippen LogP contribution in [-0.2, 0) is 0 Å². The first kappa shape index (κ1) is 9.77. The predicted molar refractivity (Wildman–Crippen MR) is 50.9 cm³/mol. The second-order valence-corrected chi connectivity index (χ2v) is 3.16. The average molecular weight is 182 g/mol. The zero-order valence-corrected chi connectivity index (χ0v) is 7.91. The van der Waals surface area contributed by atoms with E-state index in [0.29, 0.717) is 0 Å². The van der Waals surface area contributed by atoms with Crippen molar-refractivity contribution in [1.82, 2.24) is 9.55 Å². The van der Waals surface area contributed by atoms with Crippen LogP contribution < -0.4 is 11.2 Å². The molecule has 1 aromatic heterocycles. The lowest BCUT2D eigenvalue weighted by Gasteiger charge is -2.12. The van der Waals surface area contributed by atoms with Crippen molar-refractivity contribution in [2.24, 2.45) is 0 Å². The first-order valence-electron chi connectivity index (χ1n) is 4.46. The second-order valence-electron chi connectivity index (χ2n) is 3.16. The summed E-state index contributed by atoms with van der Waals surface area (Å²) in [5, 5.41) is 0. The van der Waals surface area contributed by atoms with Crippen LogP contribution in [0.25, 0.3) is 0 Å². The fourth-order valence-corrected chi connectivity index (χ4v) is 1.33. The van der Waals surface area contributed by atoms with Gasteiger partial charge in [0.25, 0.3) is 5.56 Å². The predicted octanol–water partition coefficient (Wildman–Crippen LogP) is 0.898. The standard InChI is InChI=1S/C9H14N2O2/c1-3-4-7(2)11-6-5-8(12)10-9(11)13/h5-7H,3-4H2,1-2H3,(H,10,12,13). The normalized spacial score (nSPS) is 12.8. The highest BCUT2D eigenvalue weighted by molar-refractivity contribution is 4.84. The largest absolute Gasteiger partial charge is 0.328 e. The Hall–Kier alpha value is -1.32. The summed E-state index contributed by atoms with van der Waals surface area (Å²) in [7, 11) is 0. The van der Waals surface area contributed by atoms with E-state index in [1.54, 1.807) is 10.8 Å². The number of H-pyrrole nitrogens is 1. The molecule has 0 aliphatic carbocycles. The quantitative estimate of drug-likeness (QED) is 0.755. The number of aromatic nitrogens is 2. The lowest BCUT2D eigenvalue weighted by atomic mass is 10.2. The van der Waals surface area contributed by atoms with Crippen LogP contribution in [0.15, 0.2) is 21.9 Å². The SMILES string of the molecule is CCCC(C)n1ccc(=O)[nH]c1=O. The Morgan fingerprint density at radius 3 is 2.77 bits per heavy atom. The maximum atomic E-state index is 11.3. The Balaban J connectivity index is 3.02. The van der Waals surface area contributed by atoms with Gasteiger partial charge in [-0.25, -0.2) is 4.79 Å². The highest BCUT2D eigenvalue weighted by atomic mass is 16.2. The minimum Gasteiger partial charge on any atom is -0.298 e. The third kappa shape index (κ3) is 2.31. The molecule has 72 valence electrons. The van der Waals surface area contributed by atoms with Gasteiger partial charge in [-0.1, -0.05) is 13.3 Å². The number of nitrogens with zero attached hydrogens (tertiary/aromatic N) is 1. The number of hydrogen-bond acceptors (Lipinski definition) is 2. The molecule has 13 heavy (non-hydrogen) atoms. The van der Waals surface area contributed by atoms with Crippen LogP contribution in [0.1, 0.15) is 32.7 Å². The third-order valence-electron chi connectivity index (χ3n) is 2.03. The third-order valence-corrected chi connectivity index (χ3v) is 2.03. The van der Waals surface area contributed by atoms with Crippen LogP contribution in [0.5, 0.6) is 0 Å². The van der Waals surface area contributed by atoms with Crippen LogP contribution in [0.4, 0.5) is 0 Å². The molecule has 0 saturated heterocycles. The first-order chi connectivity index (χ1) is 6.15. The lowest BCUT2D eigenvalue weighted by Crippen LogP contribution is -2.30. The van der Waals surface area contributed by atoms with Gasteiger partial charge in [0.15, 0.2) is 0 Å². The van der Waals surface area contributed by atoms with Gasteiger partial charge in [0.05, 0.1) is 0 Å². The fourth-order valence-electron chi connectivity index (χ4n) is 1.33. The lowest BCUT2D eigenvalue weighted by molar-refractivity contribution is 0.476. The Morgan fingerprint density at radius 1 is 1.54 bits per heavy atom. The summed E-state index contributed by atoms with van der Waals surface area (Å²) in [5.41, 5.74) is -0.668. The molecule has 1 unspecified atom stereocenters. The smallest absolute Gasteiger partial charge is 0.298 e. The molecular weight excluding hydrogens is 168 g/mol. The molecule has 1 N–H and O–H groups in total. The van der Waals surface area contributed by atoms with E-state index >= 15 is 0 Å². The van der Waals surface area contributed by atoms with E-state index in [9.17, 15) is 9.59 Å². The van der Waals surface area contributed by atoms with Crippen LogP contribution in [0.3, 0.4) is 0 Å². The van der Waals surface area contributed by atoms with Gasteiger partial charge in [-0.15, -0.1) is 0 Å². The molecule has 0 amide bonds. The number of aromatic amines is 1. The highest BCUT2D eigenvalue weighted by Gasteiger charge is 2.04. The van der Waals surface area contributed by atoms with Gasteiger partial charge in [-0.05, 0) is 13.3 Å². The summed E-state index contributed by atoms with van der Waals surface area (Å²) in [6, 6.07) is 1.52. The monoisotopic (exact) mass is 182 g/mol. The van der Waals surface area contributed by atoms with Gasteiger partial charge in [-0.3, -0.25) is 14.3 Å². The minimum absolute atomic E-state index is 0.148. The van der Waals surface area contributed by atoms with Gasteiger partial charge in [0.1, 0.15) is 0 Å². The van der Waals surface area contributed by atoms with Crippen LogP contribution in [0, 0.1) is 0 Å². The molecule has 0 aliphatic heterocycles. The van der Waals surface area contributed by atoms with E-state index in [1.807, 2.05) is 6.92 Å². The first-order valence-corrected chi connectivity index (χ1v) is 4.46. The number of hydrogen-bond donors (Lipinski definition) is 1. The molecule has 0 fully saturated rings. The molecule has 0 saturated carbocycles. The van der Waals surface area contributed by atoms with E-state index in [1.165, 1.54) is 6.07 Å². The molecule has 0 spiro atoms. The minimum atomic E-state index is -0.343. The molecule has 0 radical (unpaired) electrons. The number of rotatable bonds is 3. The van der Waals surface area contributed by atoms with E-state index in [2.05, 4.69) is 11.9 Å². The second kappa shape index (κ2) is 4.07. The van der Waals surface area contributed by atoms with E-state index in [4.69, 9.17) is 0 Å². The van der Waals surface area contributed by atoms with Crippen LogP contribution in [-0.4, -0.2) is 9.55 Å². The topological polar surface area (TPSA) is 54.9 Å². The van der Waals surface area contributed by atoms with Crippen molar-refractivity contribution < 1.29 is 0 Å². The fraction of sp³-hybridized carbons (Fsp3) is 0.556. The zero-order chi connectivity index (χ0) is 9.84. The van der Waals surface area contributed by atoms with Crippen molar-refractivity contribution in [1.29, 1.82) is 0 Å². The van der Waals surface area contributed by atoms with Gasteiger partial charge >= 0.3 is 5.69 Å². The molecule has 1 atom stereocenters. The summed E-state index contributed by atoms with van der Waals surface area (Å²) in [5.74, 6) is 0. The zero-order valence-electron chi connectivity index (χ0n) is 7.91. The maximum Gasteiger partial charge on any atom is 0.328 e. The van der Waals surface area contributed by atoms with Crippen molar-refractivity contribution in [3.63, 3.8) is 0 Å². The van der Waals surface area contributed by atoms with Gasteiger partial charge in [0, 0.05) is 18.3 Å². The number of nitrogens with one attached hydrogen (secondary N) is 1. The molecule has 1 rings (SSSR count). The van der Waals surface area contributed by atoms with Crippen molar-refractivity contribution >= 4 is 0 Å². The van der Waals surface area contributed by atoms with Crippen LogP contribution >= 0.6 is 0 Å². The summed E-state index contributed by atoms with van der Waals surface area (Å²) in [6.07, 6.45) is 3.50. The molecule has 4 nitrogen and oxygen atoms in total. The Kier molecular flexibility index (Phi) is 3.06. The molecule has 0 bridgehead atoms. The Bertz CT molecular complexity index is 378. The van der Waals surface area contributed by atoms with Gasteiger partial charge < -0.3 is 0 Å². The van der Waals surface area contributed by atoms with Crippen molar-refractivity contribution in [3.8, 4) is 0 Å². The molecular formula is C9H14N2O2. The maximum absolute atomic E-state index is 11.3. The van der Waals surface area contributed by atoms with Crippen molar-refractivity contribution in [2.45, 2.75) is 32.7 Å². The molecule has 1 heterocycles. The van der Waals surface area contributed by atoms with Gasteiger partial charge in [-0.2, -0.15) is 0 Å². The molecule has 4 heteroatoms. The van der Waals surface area contributed by atoms with Crippen molar-refractivity contribution in [3.05, 3.63) is 33.1 Å². The van der Waals surface area contributed by atoms with Crippen molar-refractivity contribution in [2.75, 3.05) is 0 Å². The molecule has 1 aromatic rings. The molecule has 0 aliphatic rings. The van der Waals surface area contributed by atoms with E-state index < -0.39 is 0 Å². The Labute approximate surface area is 76.2 Å². The summed E-state index contributed by atoms with van der Waals surface area (Å²) < 4.78 is 1.55. The van der Waals surface area contributed by atoms with E-state index in [-0.39, 0.29) is 17.3 Å². The average Bonchev–Trinajstić information content (AvgIpc) is 2.04. The summed E-state index contributed by atoms with van der Waals surface area (Å²) in [6.45, 7) is 4.02. The molecule has 0 aromatic carbocycles. The summed E-state index contributed by atoms with van der Waals surface area (Å²) in [4.78, 5) is 24.2. The van der Waals surface area contributed by atoms with Crippen LogP contribution in [0.2, 0.25) is 0 Å². The highest BCUT2D eigenvalue weighted by Crippen LogP contribution is 2.08. The van der Waals surface area contributed by atoms with E-state index in [0.717, 1.165) is 12.8 Å².